The second-order valence-corrected chi connectivity index (χ2v) is 7.80. The van der Waals surface area contributed by atoms with Crippen LogP contribution in [-0.4, -0.2) is 33.0 Å². The van der Waals surface area contributed by atoms with Gasteiger partial charge in [-0.3, -0.25) is 0 Å². The molecule has 0 unspecified atom stereocenters. The van der Waals surface area contributed by atoms with Crippen molar-refractivity contribution in [3.05, 3.63) is 29.8 Å². The Labute approximate surface area is 125 Å². The van der Waals surface area contributed by atoms with Gasteiger partial charge in [0, 0.05) is 19.1 Å². The van der Waals surface area contributed by atoms with Crippen molar-refractivity contribution in [1.29, 1.82) is 0 Å². The molecule has 2 rings (SSSR count). The molecule has 0 amide bonds. The summed E-state index contributed by atoms with van der Waals surface area (Å²) in [7, 11) is -3.36. The van der Waals surface area contributed by atoms with Crippen LogP contribution in [-0.2, 0) is 16.6 Å². The molecule has 2 N–H and O–H groups in total. The molecule has 0 bridgehead atoms. The van der Waals surface area contributed by atoms with Crippen LogP contribution in [0.1, 0.15) is 24.8 Å². The van der Waals surface area contributed by atoms with Gasteiger partial charge in [-0.25, -0.2) is 13.1 Å². The summed E-state index contributed by atoms with van der Waals surface area (Å²) in [5.41, 5.74) is 1.12. The van der Waals surface area contributed by atoms with E-state index in [1.165, 1.54) is 12.8 Å². The lowest BCUT2D eigenvalue weighted by Crippen LogP contribution is -2.25. The quantitative estimate of drug-likeness (QED) is 0.684. The Morgan fingerprint density at radius 1 is 1.25 bits per heavy atom. The van der Waals surface area contributed by atoms with Gasteiger partial charge in [-0.1, -0.05) is 12.1 Å². The average Bonchev–Trinajstić information content (AvgIpc) is 3.26. The molecule has 1 aromatic rings. The van der Waals surface area contributed by atoms with Gasteiger partial charge in [-0.15, -0.1) is 0 Å². The second kappa shape index (κ2) is 7.45. The third kappa shape index (κ3) is 5.09. The van der Waals surface area contributed by atoms with E-state index < -0.39 is 10.0 Å². The van der Waals surface area contributed by atoms with Crippen LogP contribution in [0.3, 0.4) is 0 Å². The molecule has 1 aliphatic rings. The summed E-state index contributed by atoms with van der Waals surface area (Å²) in [6.45, 7) is 1.31. The predicted molar refractivity (Wildman–Crippen MR) is 84.5 cm³/mol. The van der Waals surface area contributed by atoms with E-state index in [0.29, 0.717) is 17.5 Å². The van der Waals surface area contributed by atoms with Crippen molar-refractivity contribution in [2.45, 2.75) is 36.7 Å². The van der Waals surface area contributed by atoms with Crippen LogP contribution in [0.5, 0.6) is 0 Å². The van der Waals surface area contributed by atoms with E-state index in [0.717, 1.165) is 24.3 Å². The van der Waals surface area contributed by atoms with Gasteiger partial charge in [0.15, 0.2) is 0 Å². The minimum absolute atomic E-state index is 0.344. The highest BCUT2D eigenvalue weighted by molar-refractivity contribution is 7.98. The molecular weight excluding hydrogens is 292 g/mol. The highest BCUT2D eigenvalue weighted by Crippen LogP contribution is 2.19. The fraction of sp³-hybridized carbons (Fsp3) is 0.571. The van der Waals surface area contributed by atoms with E-state index >= 15 is 0 Å². The molecule has 0 radical (unpaired) electrons. The molecular formula is C14H22N2O2S2. The van der Waals surface area contributed by atoms with Gasteiger partial charge in [0.25, 0.3) is 0 Å². The summed E-state index contributed by atoms with van der Waals surface area (Å²) >= 11 is 1.72. The van der Waals surface area contributed by atoms with Gasteiger partial charge in [-0.05, 0) is 49.0 Å². The van der Waals surface area contributed by atoms with Crippen molar-refractivity contribution in [3.63, 3.8) is 0 Å². The van der Waals surface area contributed by atoms with Crippen LogP contribution >= 0.6 is 11.8 Å². The van der Waals surface area contributed by atoms with Crippen LogP contribution in [0.4, 0.5) is 0 Å². The Balaban J connectivity index is 1.86. The molecule has 1 saturated carbocycles. The first kappa shape index (κ1) is 15.8. The maximum atomic E-state index is 12.0. The van der Waals surface area contributed by atoms with Crippen LogP contribution in [0, 0.1) is 0 Å². The molecule has 1 aliphatic carbocycles. The van der Waals surface area contributed by atoms with E-state index in [9.17, 15) is 8.42 Å². The molecule has 1 aromatic carbocycles. The maximum Gasteiger partial charge on any atom is 0.240 e. The van der Waals surface area contributed by atoms with Crippen molar-refractivity contribution in [2.75, 3.05) is 18.6 Å². The number of hydrogen-bond donors (Lipinski definition) is 2. The van der Waals surface area contributed by atoms with Crippen LogP contribution in [0.15, 0.2) is 29.2 Å². The number of nitrogens with one attached hydrogen (secondary N) is 2. The fourth-order valence-corrected chi connectivity index (χ4v) is 3.35. The SMILES string of the molecule is CSCCCNS(=O)(=O)c1ccc(CNC2CC2)cc1. The highest BCUT2D eigenvalue weighted by Gasteiger charge is 2.20. The lowest BCUT2D eigenvalue weighted by atomic mass is 10.2. The molecule has 112 valence electrons. The fourth-order valence-electron chi connectivity index (χ4n) is 1.84. The highest BCUT2D eigenvalue weighted by atomic mass is 32.2. The minimum Gasteiger partial charge on any atom is -0.310 e. The summed E-state index contributed by atoms with van der Waals surface area (Å²) in [6.07, 6.45) is 5.38. The van der Waals surface area contributed by atoms with Gasteiger partial charge in [0.2, 0.25) is 10.0 Å². The summed E-state index contributed by atoms with van der Waals surface area (Å²) < 4.78 is 26.7. The third-order valence-corrected chi connectivity index (χ3v) is 5.40. The van der Waals surface area contributed by atoms with Crippen molar-refractivity contribution in [3.8, 4) is 0 Å². The number of sulfonamides is 1. The zero-order valence-corrected chi connectivity index (χ0v) is 13.4. The second-order valence-electron chi connectivity index (χ2n) is 5.04. The first-order valence-corrected chi connectivity index (χ1v) is 9.80. The molecule has 6 heteroatoms. The smallest absolute Gasteiger partial charge is 0.240 e. The summed E-state index contributed by atoms with van der Waals surface area (Å²) in [5.74, 6) is 0.967. The van der Waals surface area contributed by atoms with Crippen LogP contribution in [0.25, 0.3) is 0 Å². The summed E-state index contributed by atoms with van der Waals surface area (Å²) in [4.78, 5) is 0.344. The lowest BCUT2D eigenvalue weighted by molar-refractivity contribution is 0.581. The average molecular weight is 314 g/mol. The molecule has 0 aromatic heterocycles. The Morgan fingerprint density at radius 3 is 2.55 bits per heavy atom. The van der Waals surface area contributed by atoms with Gasteiger partial charge >= 0.3 is 0 Å². The standard InChI is InChI=1S/C14H22N2O2S2/c1-19-10-2-9-16-20(17,18)14-7-3-12(4-8-14)11-15-13-5-6-13/h3-4,7-8,13,15-16H,2,5-6,9-11H2,1H3. The van der Waals surface area contributed by atoms with Crippen molar-refractivity contribution in [2.24, 2.45) is 0 Å². The summed E-state index contributed by atoms with van der Waals surface area (Å²) in [5, 5.41) is 3.41. The molecule has 4 nitrogen and oxygen atoms in total. The Kier molecular flexibility index (Phi) is 5.89. The summed E-state index contributed by atoms with van der Waals surface area (Å²) in [6, 6.07) is 7.79. The van der Waals surface area contributed by atoms with E-state index in [1.54, 1.807) is 23.9 Å². The van der Waals surface area contributed by atoms with Gasteiger partial charge < -0.3 is 5.32 Å². The number of rotatable bonds is 9. The molecule has 1 fully saturated rings. The minimum atomic E-state index is -3.36. The van der Waals surface area contributed by atoms with E-state index in [-0.39, 0.29) is 0 Å². The van der Waals surface area contributed by atoms with Crippen molar-refractivity contribution < 1.29 is 8.42 Å². The number of benzene rings is 1. The Bertz CT molecular complexity index is 510. The number of hydrogen-bond acceptors (Lipinski definition) is 4. The molecule has 0 aliphatic heterocycles. The van der Waals surface area contributed by atoms with Crippen molar-refractivity contribution in [1.82, 2.24) is 10.0 Å². The Morgan fingerprint density at radius 2 is 1.95 bits per heavy atom. The number of thioether (sulfide) groups is 1. The third-order valence-electron chi connectivity index (χ3n) is 3.22. The zero-order chi connectivity index (χ0) is 14.4. The molecule has 0 saturated heterocycles. The van der Waals surface area contributed by atoms with E-state index in [4.69, 9.17) is 0 Å². The monoisotopic (exact) mass is 314 g/mol. The Hall–Kier alpha value is -0.560. The molecule has 0 spiro atoms. The van der Waals surface area contributed by atoms with Crippen LogP contribution in [0.2, 0.25) is 0 Å². The molecule has 20 heavy (non-hydrogen) atoms. The van der Waals surface area contributed by atoms with Crippen molar-refractivity contribution >= 4 is 21.8 Å². The first-order chi connectivity index (χ1) is 9.62. The van der Waals surface area contributed by atoms with E-state index in [1.807, 2.05) is 18.4 Å². The normalized spacial score (nSPS) is 15.4. The zero-order valence-electron chi connectivity index (χ0n) is 11.8. The van der Waals surface area contributed by atoms with Gasteiger partial charge in [0.05, 0.1) is 4.90 Å². The van der Waals surface area contributed by atoms with Gasteiger partial charge in [-0.2, -0.15) is 11.8 Å². The topological polar surface area (TPSA) is 58.2 Å². The lowest BCUT2D eigenvalue weighted by Gasteiger charge is -2.08. The molecule has 0 atom stereocenters. The van der Waals surface area contributed by atoms with Gasteiger partial charge in [0.1, 0.15) is 0 Å². The molecule has 0 heterocycles. The predicted octanol–water partition coefficient (Wildman–Crippen LogP) is 1.97. The maximum absolute atomic E-state index is 12.0. The largest absolute Gasteiger partial charge is 0.310 e. The first-order valence-electron chi connectivity index (χ1n) is 6.93. The van der Waals surface area contributed by atoms with Crippen LogP contribution < -0.4 is 10.0 Å². The van der Waals surface area contributed by atoms with E-state index in [2.05, 4.69) is 10.0 Å².